The van der Waals surface area contributed by atoms with Gasteiger partial charge in [-0.25, -0.2) is 9.78 Å². The van der Waals surface area contributed by atoms with Gasteiger partial charge in [0.15, 0.2) is 11.5 Å². The van der Waals surface area contributed by atoms with Crippen LogP contribution in [0.5, 0.6) is 5.75 Å². The largest absolute Gasteiger partial charge is 0.507 e. The molecule has 0 fully saturated rings. The van der Waals surface area contributed by atoms with Crippen molar-refractivity contribution in [3.63, 3.8) is 0 Å². The van der Waals surface area contributed by atoms with Crippen molar-refractivity contribution < 1.29 is 20.2 Å². The number of aromatic nitrogens is 2. The van der Waals surface area contributed by atoms with Crippen LogP contribution in [0, 0.1) is 0 Å². The van der Waals surface area contributed by atoms with E-state index in [2.05, 4.69) is 15.1 Å². The number of imidazole rings is 1. The molecule has 0 saturated heterocycles. The Morgan fingerprint density at radius 3 is 1.92 bits per heavy atom. The lowest BCUT2D eigenvalue weighted by Crippen LogP contribution is -2.19. The first kappa shape index (κ1) is 19.5. The second-order valence-corrected chi connectivity index (χ2v) is 8.32. The minimum absolute atomic E-state index is 0.105. The van der Waals surface area contributed by atoms with E-state index in [-0.39, 0.29) is 33.8 Å². The third-order valence-corrected chi connectivity index (χ3v) is 4.13. The van der Waals surface area contributed by atoms with Gasteiger partial charge in [0.2, 0.25) is 0 Å². The van der Waals surface area contributed by atoms with Crippen LogP contribution in [-0.2, 0) is 10.8 Å². The molecule has 1 heterocycles. The number of hydrogen-bond acceptors (Lipinski definition) is 5. The summed E-state index contributed by atoms with van der Waals surface area (Å²) in [7, 11) is 0. The molecule has 0 bridgehead atoms. The van der Waals surface area contributed by atoms with Crippen LogP contribution >= 0.6 is 0 Å². The van der Waals surface area contributed by atoms with E-state index < -0.39 is 5.97 Å². The lowest BCUT2D eigenvalue weighted by molar-refractivity contribution is 0.0691. The number of rotatable bonds is 3. The van der Waals surface area contributed by atoms with Crippen molar-refractivity contribution in [2.75, 3.05) is 0 Å². The van der Waals surface area contributed by atoms with E-state index in [1.54, 1.807) is 12.1 Å². The van der Waals surface area contributed by atoms with Gasteiger partial charge < -0.3 is 20.4 Å². The van der Waals surface area contributed by atoms with Gasteiger partial charge in [-0.1, -0.05) is 46.7 Å². The molecule has 0 aliphatic heterocycles. The molecule has 0 unspecified atom stereocenters. The number of aromatic amines is 1. The van der Waals surface area contributed by atoms with E-state index in [1.165, 1.54) is 6.20 Å². The molecule has 4 N–H and O–H groups in total. The van der Waals surface area contributed by atoms with Gasteiger partial charge in [0, 0.05) is 16.7 Å². The van der Waals surface area contributed by atoms with Crippen molar-refractivity contribution >= 4 is 11.7 Å². The van der Waals surface area contributed by atoms with Gasteiger partial charge in [0.1, 0.15) is 11.4 Å². The number of nitrogens with one attached hydrogen (secondary N) is 1. The molecule has 2 rings (SSSR count). The predicted molar refractivity (Wildman–Crippen MR) is 98.5 cm³/mol. The highest BCUT2D eigenvalue weighted by molar-refractivity contribution is 6.11. The predicted octanol–water partition coefficient (Wildman–Crippen LogP) is 3.64. The average Bonchev–Trinajstić information content (AvgIpc) is 2.96. The summed E-state index contributed by atoms with van der Waals surface area (Å²) in [5, 5.41) is 32.7. The molecule has 0 saturated carbocycles. The van der Waals surface area contributed by atoms with Gasteiger partial charge in [-0.2, -0.15) is 0 Å². The first-order valence-electron chi connectivity index (χ1n) is 8.25. The van der Waals surface area contributed by atoms with Crippen LogP contribution in [-0.4, -0.2) is 37.1 Å². The SMILES string of the molecule is CC(C)(C)c1cc(C(=NO)c2ncc(C(=O)O)[nH]2)cc(C(C)(C)C)c1O. The monoisotopic (exact) mass is 359 g/mol. The quantitative estimate of drug-likeness (QED) is 0.379. The van der Waals surface area contributed by atoms with Crippen LogP contribution in [0.25, 0.3) is 0 Å². The number of H-pyrrole nitrogens is 1. The smallest absolute Gasteiger partial charge is 0.353 e. The summed E-state index contributed by atoms with van der Waals surface area (Å²) in [5.74, 6) is -0.815. The van der Waals surface area contributed by atoms with E-state index in [0.717, 1.165) is 0 Å². The van der Waals surface area contributed by atoms with Crippen LogP contribution in [0.4, 0.5) is 0 Å². The van der Waals surface area contributed by atoms with Crippen molar-refractivity contribution in [3.8, 4) is 5.75 Å². The molecule has 2 aromatic rings. The molecule has 140 valence electrons. The molecule has 1 aromatic carbocycles. The molecule has 1 aromatic heterocycles. The number of carboxylic acids is 1. The van der Waals surface area contributed by atoms with Crippen molar-refractivity contribution in [2.24, 2.45) is 5.16 Å². The third-order valence-electron chi connectivity index (χ3n) is 4.13. The zero-order valence-corrected chi connectivity index (χ0v) is 15.9. The maximum atomic E-state index is 11.1. The van der Waals surface area contributed by atoms with Gasteiger partial charge in [-0.15, -0.1) is 0 Å². The minimum Gasteiger partial charge on any atom is -0.507 e. The fourth-order valence-corrected chi connectivity index (χ4v) is 2.71. The molecule has 0 aliphatic rings. The Morgan fingerprint density at radius 1 is 1.08 bits per heavy atom. The second-order valence-electron chi connectivity index (χ2n) is 8.32. The summed E-state index contributed by atoms with van der Waals surface area (Å²) in [6.45, 7) is 11.9. The van der Waals surface area contributed by atoms with Gasteiger partial charge >= 0.3 is 5.97 Å². The molecular formula is C19H25N3O4. The van der Waals surface area contributed by atoms with Crippen molar-refractivity contribution in [1.29, 1.82) is 0 Å². The fraction of sp³-hybridized carbons (Fsp3) is 0.421. The maximum Gasteiger partial charge on any atom is 0.353 e. The molecule has 0 radical (unpaired) electrons. The molecule has 26 heavy (non-hydrogen) atoms. The average molecular weight is 359 g/mol. The highest BCUT2D eigenvalue weighted by Crippen LogP contribution is 2.40. The number of carboxylic acid groups (broad SMARTS) is 1. The number of phenols is 1. The topological polar surface area (TPSA) is 119 Å². The standard InChI is InChI=1S/C19H25N3O4/c1-18(2,3)11-7-10(8-12(15(11)23)19(4,5)6)14(22-26)16-20-9-13(21-16)17(24)25/h7-9,23,26H,1-6H3,(H,20,21)(H,24,25). The van der Waals surface area contributed by atoms with Gasteiger partial charge in [0.05, 0.1) is 6.20 Å². The number of aromatic hydroxyl groups is 1. The fourth-order valence-electron chi connectivity index (χ4n) is 2.71. The molecular weight excluding hydrogens is 334 g/mol. The Morgan fingerprint density at radius 2 is 1.58 bits per heavy atom. The normalized spacial score (nSPS) is 13.1. The number of hydrogen-bond donors (Lipinski definition) is 4. The Kier molecular flexibility index (Phi) is 4.86. The molecule has 0 atom stereocenters. The summed E-state index contributed by atoms with van der Waals surface area (Å²) in [6.07, 6.45) is 1.17. The molecule has 7 nitrogen and oxygen atoms in total. The van der Waals surface area contributed by atoms with Crippen LogP contribution < -0.4 is 0 Å². The lowest BCUT2D eigenvalue weighted by Gasteiger charge is -2.28. The molecule has 0 aliphatic carbocycles. The number of oxime groups is 1. The Bertz CT molecular complexity index is 833. The van der Waals surface area contributed by atoms with Crippen molar-refractivity contribution in [2.45, 2.75) is 52.4 Å². The van der Waals surface area contributed by atoms with Crippen LogP contribution in [0.2, 0.25) is 0 Å². The summed E-state index contributed by atoms with van der Waals surface area (Å²) in [6, 6.07) is 3.48. The van der Waals surface area contributed by atoms with Crippen LogP contribution in [0.15, 0.2) is 23.5 Å². The number of nitrogens with zero attached hydrogens (tertiary/aromatic N) is 2. The summed E-state index contributed by atoms with van der Waals surface area (Å²) >= 11 is 0. The van der Waals surface area contributed by atoms with E-state index >= 15 is 0 Å². The highest BCUT2D eigenvalue weighted by Gasteiger charge is 2.28. The van der Waals surface area contributed by atoms with E-state index in [4.69, 9.17) is 5.11 Å². The molecule has 7 heteroatoms. The second kappa shape index (κ2) is 6.48. The first-order chi connectivity index (χ1) is 11.9. The van der Waals surface area contributed by atoms with Gasteiger partial charge in [0.25, 0.3) is 0 Å². The maximum absolute atomic E-state index is 11.1. The van der Waals surface area contributed by atoms with E-state index in [0.29, 0.717) is 16.7 Å². The Hall–Kier alpha value is -2.83. The molecule has 0 spiro atoms. The van der Waals surface area contributed by atoms with E-state index in [1.807, 2.05) is 41.5 Å². The van der Waals surface area contributed by atoms with Gasteiger partial charge in [-0.05, 0) is 23.0 Å². The Balaban J connectivity index is 2.72. The summed E-state index contributed by atoms with van der Waals surface area (Å²) < 4.78 is 0. The number of benzene rings is 1. The van der Waals surface area contributed by atoms with E-state index in [9.17, 15) is 15.1 Å². The van der Waals surface area contributed by atoms with Crippen molar-refractivity contribution in [1.82, 2.24) is 9.97 Å². The lowest BCUT2D eigenvalue weighted by atomic mass is 9.78. The number of carbonyl (C=O) groups is 1. The van der Waals surface area contributed by atoms with Gasteiger partial charge in [-0.3, -0.25) is 0 Å². The van der Waals surface area contributed by atoms with Crippen LogP contribution in [0.3, 0.4) is 0 Å². The zero-order valence-electron chi connectivity index (χ0n) is 15.9. The van der Waals surface area contributed by atoms with Crippen LogP contribution in [0.1, 0.15) is 74.5 Å². The third kappa shape index (κ3) is 3.71. The zero-order chi connectivity index (χ0) is 19.9. The molecule has 0 amide bonds. The first-order valence-corrected chi connectivity index (χ1v) is 8.25. The summed E-state index contributed by atoms with van der Waals surface area (Å²) in [5.41, 5.74) is 1.23. The van der Waals surface area contributed by atoms with Crippen molar-refractivity contribution in [3.05, 3.63) is 46.5 Å². The Labute approximate surface area is 152 Å². The summed E-state index contributed by atoms with van der Waals surface area (Å²) in [4.78, 5) is 17.7. The number of aromatic carboxylic acids is 1. The highest BCUT2D eigenvalue weighted by atomic mass is 16.4. The minimum atomic E-state index is -1.16. The number of phenolic OH excluding ortho intramolecular Hbond substituents is 1.